The highest BCUT2D eigenvalue weighted by molar-refractivity contribution is 5.95. The smallest absolute Gasteiger partial charge is 0.251 e. The maximum atomic E-state index is 12.6. The summed E-state index contributed by atoms with van der Waals surface area (Å²) < 4.78 is 11.3. The molecule has 0 atom stereocenters. The van der Waals surface area contributed by atoms with Crippen LogP contribution < -0.4 is 20.1 Å². The van der Waals surface area contributed by atoms with Crippen molar-refractivity contribution in [2.45, 2.75) is 39.7 Å². The zero-order valence-electron chi connectivity index (χ0n) is 17.0. The number of hydrogen-bond donors (Lipinski definition) is 2. The average Bonchev–Trinajstić information content (AvgIpc) is 3.57. The minimum atomic E-state index is -0.194. The number of hydrogen-bond acceptors (Lipinski definition) is 4. The van der Waals surface area contributed by atoms with Crippen LogP contribution in [0, 0.1) is 5.92 Å². The van der Waals surface area contributed by atoms with Crippen molar-refractivity contribution in [2.24, 2.45) is 5.92 Å². The Balaban J connectivity index is 1.61. The van der Waals surface area contributed by atoms with Crippen LogP contribution in [0.15, 0.2) is 42.5 Å². The van der Waals surface area contributed by atoms with Gasteiger partial charge in [-0.25, -0.2) is 0 Å². The number of carbonyl (C=O) groups is 2. The summed E-state index contributed by atoms with van der Waals surface area (Å²) in [5.74, 6) is 1.24. The van der Waals surface area contributed by atoms with Crippen molar-refractivity contribution in [1.82, 2.24) is 5.32 Å². The fourth-order valence-electron chi connectivity index (χ4n) is 2.88. The topological polar surface area (TPSA) is 76.7 Å². The van der Waals surface area contributed by atoms with Gasteiger partial charge in [-0.3, -0.25) is 9.59 Å². The highest BCUT2D eigenvalue weighted by Crippen LogP contribution is 2.30. The summed E-state index contributed by atoms with van der Waals surface area (Å²) in [6.07, 6.45) is 2.83. The lowest BCUT2D eigenvalue weighted by Crippen LogP contribution is -2.23. The van der Waals surface area contributed by atoms with Crippen LogP contribution in [0.3, 0.4) is 0 Å². The molecule has 1 saturated carbocycles. The van der Waals surface area contributed by atoms with E-state index in [4.69, 9.17) is 9.47 Å². The van der Waals surface area contributed by atoms with Crippen LogP contribution in [0.4, 0.5) is 5.69 Å². The Bertz CT molecular complexity index is 862. The van der Waals surface area contributed by atoms with Gasteiger partial charge in [-0.15, -0.1) is 0 Å². The predicted octanol–water partition coefficient (Wildman–Crippen LogP) is 4.15. The lowest BCUT2D eigenvalue weighted by atomic mass is 10.1. The van der Waals surface area contributed by atoms with Crippen molar-refractivity contribution < 1.29 is 19.1 Å². The first kappa shape index (κ1) is 20.7. The molecule has 1 aliphatic carbocycles. The first-order valence-corrected chi connectivity index (χ1v) is 10.2. The summed E-state index contributed by atoms with van der Waals surface area (Å²) in [5, 5.41) is 5.84. The van der Waals surface area contributed by atoms with Gasteiger partial charge in [0.15, 0.2) is 11.5 Å². The second kappa shape index (κ2) is 9.96. The monoisotopic (exact) mass is 396 g/mol. The molecule has 0 saturated heterocycles. The number of carbonyl (C=O) groups excluding carboxylic acids is 2. The fourth-order valence-corrected chi connectivity index (χ4v) is 2.88. The second-order valence-electron chi connectivity index (χ2n) is 7.09. The van der Waals surface area contributed by atoms with Gasteiger partial charge in [0.05, 0.1) is 13.2 Å². The lowest BCUT2D eigenvalue weighted by Gasteiger charge is -2.13. The van der Waals surface area contributed by atoms with Gasteiger partial charge in [-0.05, 0) is 62.1 Å². The molecule has 0 heterocycles. The molecule has 0 spiro atoms. The summed E-state index contributed by atoms with van der Waals surface area (Å²) in [6.45, 7) is 5.38. The molecule has 0 bridgehead atoms. The van der Waals surface area contributed by atoms with E-state index in [9.17, 15) is 9.59 Å². The molecule has 154 valence electrons. The van der Waals surface area contributed by atoms with Gasteiger partial charge in [0.2, 0.25) is 5.91 Å². The molecule has 2 aromatic carbocycles. The number of anilines is 1. The highest BCUT2D eigenvalue weighted by Gasteiger charge is 2.29. The summed E-state index contributed by atoms with van der Waals surface area (Å²) in [4.78, 5) is 24.5. The van der Waals surface area contributed by atoms with Crippen molar-refractivity contribution in [1.29, 1.82) is 0 Å². The van der Waals surface area contributed by atoms with Crippen LogP contribution in [-0.2, 0) is 11.3 Å². The number of amides is 2. The lowest BCUT2D eigenvalue weighted by molar-refractivity contribution is -0.117. The second-order valence-corrected chi connectivity index (χ2v) is 7.09. The number of ether oxygens (including phenoxy) is 2. The van der Waals surface area contributed by atoms with Gasteiger partial charge >= 0.3 is 0 Å². The Kier molecular flexibility index (Phi) is 7.11. The maximum Gasteiger partial charge on any atom is 0.251 e. The molecule has 2 amide bonds. The molecule has 6 nitrogen and oxygen atoms in total. The third-order valence-electron chi connectivity index (χ3n) is 4.56. The van der Waals surface area contributed by atoms with Gasteiger partial charge in [-0.2, -0.15) is 0 Å². The summed E-state index contributed by atoms with van der Waals surface area (Å²) in [5.41, 5.74) is 2.18. The molecule has 0 aromatic heterocycles. The molecule has 3 rings (SSSR count). The Morgan fingerprint density at radius 2 is 1.86 bits per heavy atom. The molecule has 0 unspecified atom stereocenters. The van der Waals surface area contributed by atoms with Gasteiger partial charge in [0.1, 0.15) is 0 Å². The van der Waals surface area contributed by atoms with E-state index < -0.39 is 0 Å². The van der Waals surface area contributed by atoms with E-state index in [1.54, 1.807) is 18.2 Å². The normalized spacial score (nSPS) is 12.9. The van der Waals surface area contributed by atoms with Crippen LogP contribution in [-0.4, -0.2) is 25.0 Å². The number of benzene rings is 2. The third-order valence-corrected chi connectivity index (χ3v) is 4.56. The van der Waals surface area contributed by atoms with E-state index in [0.717, 1.165) is 30.5 Å². The van der Waals surface area contributed by atoms with E-state index in [0.29, 0.717) is 36.8 Å². The Labute approximate surface area is 171 Å². The fraction of sp³-hybridized carbons (Fsp3) is 0.391. The van der Waals surface area contributed by atoms with E-state index >= 15 is 0 Å². The molecule has 0 radical (unpaired) electrons. The molecular weight excluding hydrogens is 368 g/mol. The number of nitrogens with one attached hydrogen (secondary N) is 2. The van der Waals surface area contributed by atoms with Crippen LogP contribution in [0.5, 0.6) is 11.5 Å². The SMILES string of the molecule is CCCOc1ccc(C(=O)NCc2cccc(NC(=O)C3CC3)c2)cc1OCC. The van der Waals surface area contributed by atoms with E-state index in [2.05, 4.69) is 10.6 Å². The van der Waals surface area contributed by atoms with Crippen molar-refractivity contribution in [3.63, 3.8) is 0 Å². The van der Waals surface area contributed by atoms with Crippen LogP contribution in [0.1, 0.15) is 49.0 Å². The van der Waals surface area contributed by atoms with E-state index in [1.165, 1.54) is 0 Å². The molecule has 29 heavy (non-hydrogen) atoms. The van der Waals surface area contributed by atoms with E-state index in [1.807, 2.05) is 38.1 Å². The third kappa shape index (κ3) is 5.98. The zero-order chi connectivity index (χ0) is 20.6. The molecular formula is C23H28N2O4. The molecule has 2 N–H and O–H groups in total. The summed E-state index contributed by atoms with van der Waals surface area (Å²) >= 11 is 0. The van der Waals surface area contributed by atoms with Crippen LogP contribution in [0.25, 0.3) is 0 Å². The quantitative estimate of drug-likeness (QED) is 0.632. The molecule has 0 aliphatic heterocycles. The molecule has 1 fully saturated rings. The van der Waals surface area contributed by atoms with Crippen molar-refractivity contribution in [2.75, 3.05) is 18.5 Å². The van der Waals surface area contributed by atoms with Crippen molar-refractivity contribution >= 4 is 17.5 Å². The Morgan fingerprint density at radius 1 is 1.03 bits per heavy atom. The van der Waals surface area contributed by atoms with Gasteiger partial charge < -0.3 is 20.1 Å². The van der Waals surface area contributed by atoms with Crippen LogP contribution >= 0.6 is 0 Å². The van der Waals surface area contributed by atoms with E-state index in [-0.39, 0.29) is 17.7 Å². The van der Waals surface area contributed by atoms with Gasteiger partial charge in [-0.1, -0.05) is 19.1 Å². The average molecular weight is 396 g/mol. The summed E-state index contributed by atoms with van der Waals surface area (Å²) in [7, 11) is 0. The van der Waals surface area contributed by atoms with Crippen molar-refractivity contribution in [3.8, 4) is 11.5 Å². The summed E-state index contributed by atoms with van der Waals surface area (Å²) in [6, 6.07) is 12.7. The highest BCUT2D eigenvalue weighted by atomic mass is 16.5. The maximum absolute atomic E-state index is 12.6. The minimum Gasteiger partial charge on any atom is -0.490 e. The van der Waals surface area contributed by atoms with Gasteiger partial charge in [0, 0.05) is 23.7 Å². The number of rotatable bonds is 10. The largest absolute Gasteiger partial charge is 0.490 e. The Morgan fingerprint density at radius 3 is 2.59 bits per heavy atom. The first-order chi connectivity index (χ1) is 14.1. The van der Waals surface area contributed by atoms with Crippen LogP contribution in [0.2, 0.25) is 0 Å². The minimum absolute atomic E-state index is 0.0695. The Hall–Kier alpha value is -3.02. The zero-order valence-corrected chi connectivity index (χ0v) is 17.0. The predicted molar refractivity (Wildman–Crippen MR) is 112 cm³/mol. The standard InChI is InChI=1S/C23H28N2O4/c1-3-12-29-20-11-10-18(14-21(20)28-4-2)22(26)24-15-16-6-5-7-19(13-16)25-23(27)17-8-9-17/h5-7,10-11,13-14,17H,3-4,8-9,12,15H2,1-2H3,(H,24,26)(H,25,27). The molecule has 1 aliphatic rings. The molecule has 6 heteroatoms. The molecule has 2 aromatic rings. The first-order valence-electron chi connectivity index (χ1n) is 10.2. The van der Waals surface area contributed by atoms with Gasteiger partial charge in [0.25, 0.3) is 5.91 Å². The van der Waals surface area contributed by atoms with Crippen molar-refractivity contribution in [3.05, 3.63) is 53.6 Å².